The van der Waals surface area contributed by atoms with Crippen LogP contribution in [-0.4, -0.2) is 54.3 Å². The second kappa shape index (κ2) is 9.57. The van der Waals surface area contributed by atoms with Crippen molar-refractivity contribution < 1.29 is 32.2 Å². The molecule has 2 aromatic heterocycles. The van der Waals surface area contributed by atoms with Gasteiger partial charge in [0.25, 0.3) is 17.5 Å². The van der Waals surface area contributed by atoms with E-state index in [4.69, 9.17) is 14.2 Å². The first-order chi connectivity index (χ1) is 13.8. The number of nitrogens with one attached hydrogen (secondary N) is 1. The van der Waals surface area contributed by atoms with Gasteiger partial charge in [0.2, 0.25) is 5.91 Å². The second-order valence-electron chi connectivity index (χ2n) is 6.99. The van der Waals surface area contributed by atoms with Gasteiger partial charge in [-0.15, -0.1) is 0 Å². The number of carbonyl (C=O) groups excluding carboxylic acids is 1. The summed E-state index contributed by atoms with van der Waals surface area (Å²) in [6, 6.07) is 1.10. The number of pyridine rings is 1. The van der Waals surface area contributed by atoms with Gasteiger partial charge in [-0.25, -0.2) is 18.2 Å². The van der Waals surface area contributed by atoms with Crippen LogP contribution in [0, 0.1) is 11.7 Å². The van der Waals surface area contributed by atoms with Crippen molar-refractivity contribution in [3.05, 3.63) is 11.9 Å². The highest BCUT2D eigenvalue weighted by atomic mass is 32.1. The van der Waals surface area contributed by atoms with Gasteiger partial charge in [-0.2, -0.15) is 4.98 Å². The van der Waals surface area contributed by atoms with E-state index < -0.39 is 18.8 Å². The maximum Gasteiger partial charge on any atom is 0.276 e. The molecule has 1 aliphatic carbocycles. The number of rotatable bonds is 10. The second-order valence-corrected chi connectivity index (χ2v) is 7.93. The third-order valence-corrected chi connectivity index (χ3v) is 5.18. The van der Waals surface area contributed by atoms with Gasteiger partial charge in [0.15, 0.2) is 17.3 Å². The zero-order valence-corrected chi connectivity index (χ0v) is 16.8. The molecule has 0 aromatic carbocycles. The Bertz CT molecular complexity index is 845. The van der Waals surface area contributed by atoms with Gasteiger partial charge < -0.3 is 19.5 Å². The molecule has 7 nitrogen and oxygen atoms in total. The Morgan fingerprint density at radius 1 is 1.31 bits per heavy atom. The third-order valence-electron chi connectivity index (χ3n) is 4.30. The minimum atomic E-state index is -2.62. The number of alkyl halides is 2. The van der Waals surface area contributed by atoms with Gasteiger partial charge in [-0.3, -0.25) is 4.79 Å². The molecule has 29 heavy (non-hydrogen) atoms. The van der Waals surface area contributed by atoms with Crippen molar-refractivity contribution in [2.75, 3.05) is 19.8 Å². The zero-order chi connectivity index (χ0) is 21.0. The molecule has 1 amide bonds. The number of hydrogen-bond acceptors (Lipinski definition) is 7. The Hall–Kier alpha value is -2.14. The molecule has 1 N–H and O–H groups in total. The molecule has 3 rings (SSSR count). The van der Waals surface area contributed by atoms with Crippen LogP contribution in [0.25, 0.3) is 10.3 Å². The van der Waals surface area contributed by atoms with Crippen LogP contribution in [0.3, 0.4) is 0 Å². The molecule has 1 saturated carbocycles. The Labute approximate surface area is 169 Å². The molecule has 0 unspecified atom stereocenters. The number of nitrogens with zero attached hydrogens (tertiary/aromatic N) is 2. The topological polar surface area (TPSA) is 82.6 Å². The third kappa shape index (κ3) is 6.17. The molecule has 1 fully saturated rings. The molecule has 1 atom stereocenters. The van der Waals surface area contributed by atoms with Crippen molar-refractivity contribution in [1.29, 1.82) is 0 Å². The van der Waals surface area contributed by atoms with Crippen molar-refractivity contribution >= 4 is 27.6 Å². The Morgan fingerprint density at radius 2 is 2.07 bits per heavy atom. The van der Waals surface area contributed by atoms with Gasteiger partial charge in [0, 0.05) is 19.0 Å². The van der Waals surface area contributed by atoms with Crippen molar-refractivity contribution in [3.8, 4) is 11.1 Å². The summed E-state index contributed by atoms with van der Waals surface area (Å²) in [6.07, 6.45) is -0.961. The van der Waals surface area contributed by atoms with E-state index in [0.717, 1.165) is 30.2 Å². The van der Waals surface area contributed by atoms with Crippen LogP contribution in [0.1, 0.15) is 26.7 Å². The summed E-state index contributed by atoms with van der Waals surface area (Å²) in [5.74, 6) is -0.690. The number of carbonyl (C=O) groups is 1. The molecule has 0 bridgehead atoms. The lowest BCUT2D eigenvalue weighted by Gasteiger charge is -2.35. The van der Waals surface area contributed by atoms with E-state index in [1.54, 1.807) is 0 Å². The number of ether oxygens (including phenoxy) is 3. The van der Waals surface area contributed by atoms with Crippen molar-refractivity contribution in [1.82, 2.24) is 15.3 Å². The maximum atomic E-state index is 14.2. The molecule has 0 radical (unpaired) electrons. The van der Waals surface area contributed by atoms with Gasteiger partial charge in [-0.05, 0) is 25.7 Å². The van der Waals surface area contributed by atoms with Gasteiger partial charge >= 0.3 is 0 Å². The number of thiazole rings is 1. The van der Waals surface area contributed by atoms with Crippen LogP contribution >= 0.6 is 11.3 Å². The predicted octanol–water partition coefficient (Wildman–Crippen LogP) is 3.17. The lowest BCUT2D eigenvalue weighted by Crippen LogP contribution is -2.40. The number of halogens is 3. The molecule has 0 saturated heterocycles. The van der Waals surface area contributed by atoms with Crippen LogP contribution in [0.15, 0.2) is 6.07 Å². The number of aromatic nitrogens is 2. The molecule has 0 aliphatic heterocycles. The van der Waals surface area contributed by atoms with Gasteiger partial charge in [0.05, 0.1) is 19.3 Å². The lowest BCUT2D eigenvalue weighted by molar-refractivity contribution is -0.120. The Kier molecular flexibility index (Phi) is 7.12. The standard InChI is InChI=1S/C18H22F3N3O4S/c1-9(22-10(2)25)6-26-12-3-11(4-12)7-27-16-13(19)5-14-17(24-16)29-18(23-14)28-8-15(20)21/h5,9,11-12,15H,3-4,6-8H2,1-2H3,(H,22,25)/t9-,11-,12-/m0/s1. The van der Waals surface area contributed by atoms with Crippen LogP contribution in [0.4, 0.5) is 13.2 Å². The van der Waals surface area contributed by atoms with E-state index >= 15 is 0 Å². The molecule has 160 valence electrons. The minimum absolute atomic E-state index is 0.0109. The summed E-state index contributed by atoms with van der Waals surface area (Å²) >= 11 is 0.956. The molecule has 2 heterocycles. The number of hydrogen-bond donors (Lipinski definition) is 1. The summed E-state index contributed by atoms with van der Waals surface area (Å²) < 4.78 is 54.7. The normalized spacial score (nSPS) is 19.8. The van der Waals surface area contributed by atoms with Crippen LogP contribution in [0.5, 0.6) is 11.1 Å². The summed E-state index contributed by atoms with van der Waals surface area (Å²) in [6.45, 7) is 3.28. The van der Waals surface area contributed by atoms with Crippen LogP contribution in [-0.2, 0) is 9.53 Å². The van der Waals surface area contributed by atoms with Crippen LogP contribution < -0.4 is 14.8 Å². The van der Waals surface area contributed by atoms with Crippen molar-refractivity contribution in [2.24, 2.45) is 5.92 Å². The maximum absolute atomic E-state index is 14.2. The molecule has 0 spiro atoms. The summed E-state index contributed by atoms with van der Waals surface area (Å²) in [5, 5.41) is 2.76. The molecular weight excluding hydrogens is 411 g/mol. The first-order valence-corrected chi connectivity index (χ1v) is 10.0. The fourth-order valence-corrected chi connectivity index (χ4v) is 3.69. The molecule has 2 aromatic rings. The monoisotopic (exact) mass is 433 g/mol. The first-order valence-electron chi connectivity index (χ1n) is 9.19. The number of fused-ring (bicyclic) bond motifs is 1. The summed E-state index contributed by atoms with van der Waals surface area (Å²) in [7, 11) is 0. The van der Waals surface area contributed by atoms with E-state index in [-0.39, 0.29) is 40.6 Å². The number of amides is 1. The average Bonchev–Trinajstić information content (AvgIpc) is 2.99. The van der Waals surface area contributed by atoms with E-state index in [2.05, 4.69) is 15.3 Å². The lowest BCUT2D eigenvalue weighted by atomic mass is 9.83. The average molecular weight is 433 g/mol. The zero-order valence-electron chi connectivity index (χ0n) is 16.0. The Morgan fingerprint density at radius 3 is 2.76 bits per heavy atom. The fourth-order valence-electron chi connectivity index (χ4n) is 2.92. The fraction of sp³-hybridized carbons (Fsp3) is 0.611. The smallest absolute Gasteiger partial charge is 0.276 e. The quantitative estimate of drug-likeness (QED) is 0.620. The van der Waals surface area contributed by atoms with Gasteiger partial charge in [-0.1, -0.05) is 11.3 Å². The van der Waals surface area contributed by atoms with Crippen molar-refractivity contribution in [3.63, 3.8) is 0 Å². The van der Waals surface area contributed by atoms with E-state index in [1.165, 1.54) is 6.92 Å². The largest absolute Gasteiger partial charge is 0.475 e. The SMILES string of the molecule is CC(=O)N[C@@H](C)CO[C@H]1C[C@H](COc2nc3sc(OCC(F)F)nc3cc2F)C1. The highest BCUT2D eigenvalue weighted by molar-refractivity contribution is 7.19. The highest BCUT2D eigenvalue weighted by Crippen LogP contribution is 2.33. The first kappa shape index (κ1) is 21.6. The minimum Gasteiger partial charge on any atom is -0.475 e. The van der Waals surface area contributed by atoms with Crippen molar-refractivity contribution in [2.45, 2.75) is 45.3 Å². The molecular formula is C18H22F3N3O4S. The van der Waals surface area contributed by atoms with Gasteiger partial charge in [0.1, 0.15) is 5.52 Å². The van der Waals surface area contributed by atoms with Crippen LogP contribution in [0.2, 0.25) is 0 Å². The summed E-state index contributed by atoms with van der Waals surface area (Å²) in [4.78, 5) is 19.3. The van der Waals surface area contributed by atoms with E-state index in [1.807, 2.05) is 6.92 Å². The predicted molar refractivity (Wildman–Crippen MR) is 100 cm³/mol. The molecule has 11 heteroatoms. The summed E-state index contributed by atoms with van der Waals surface area (Å²) in [5.41, 5.74) is 0.231. The van der Waals surface area contributed by atoms with E-state index in [9.17, 15) is 18.0 Å². The Balaban J connectivity index is 1.45. The molecule has 1 aliphatic rings. The highest BCUT2D eigenvalue weighted by Gasteiger charge is 2.31. The van der Waals surface area contributed by atoms with E-state index in [0.29, 0.717) is 18.0 Å².